The van der Waals surface area contributed by atoms with Gasteiger partial charge in [0, 0.05) is 63.0 Å². The van der Waals surface area contributed by atoms with Crippen molar-refractivity contribution >= 4 is 45.5 Å². The minimum Gasteiger partial charge on any atom is -0.383 e. The molecule has 2 N–H and O–H groups in total. The average Bonchev–Trinajstić information content (AvgIpc) is 3.40. The molecule has 3 aromatic heterocycles. The number of amides is 1. The van der Waals surface area contributed by atoms with Crippen molar-refractivity contribution in [1.82, 2.24) is 15.0 Å². The molecule has 234 valence electrons. The number of benzene rings is 1. The van der Waals surface area contributed by atoms with Crippen LogP contribution in [0.3, 0.4) is 0 Å². The van der Waals surface area contributed by atoms with Crippen molar-refractivity contribution < 1.29 is 28.2 Å². The molecule has 0 saturated carbocycles. The number of carbonyl (C=O) groups is 1. The molecule has 7 rings (SSSR count). The Balaban J connectivity index is 1.34. The Morgan fingerprint density at radius 3 is 2.33 bits per heavy atom. The first-order valence-electron chi connectivity index (χ1n) is 15.0. The molecule has 0 spiro atoms. The number of rotatable bonds is 6. The average molecular weight is 618 g/mol. The van der Waals surface area contributed by atoms with E-state index in [1.807, 2.05) is 19.2 Å². The summed E-state index contributed by atoms with van der Waals surface area (Å²) >= 11 is 0. The van der Waals surface area contributed by atoms with E-state index in [0.717, 1.165) is 24.8 Å². The molecule has 1 unspecified atom stereocenters. The van der Waals surface area contributed by atoms with Crippen LogP contribution in [-0.4, -0.2) is 91.2 Å². The molecule has 45 heavy (non-hydrogen) atoms. The number of nitrogens with zero attached hydrogens (tertiary/aromatic N) is 6. The van der Waals surface area contributed by atoms with Gasteiger partial charge in [-0.15, -0.1) is 0 Å². The summed E-state index contributed by atoms with van der Waals surface area (Å²) in [7, 11) is 0. The lowest BCUT2D eigenvalue weighted by Gasteiger charge is -2.32. The van der Waals surface area contributed by atoms with E-state index in [0.29, 0.717) is 92.3 Å². The summed E-state index contributed by atoms with van der Waals surface area (Å²) in [4.78, 5) is 32.1. The van der Waals surface area contributed by atoms with Crippen molar-refractivity contribution in [3.05, 3.63) is 59.9 Å². The summed E-state index contributed by atoms with van der Waals surface area (Å²) in [5.41, 5.74) is 3.86. The van der Waals surface area contributed by atoms with E-state index in [-0.39, 0.29) is 10.9 Å². The summed E-state index contributed by atoms with van der Waals surface area (Å²) in [6.45, 7) is 7.28. The van der Waals surface area contributed by atoms with Crippen molar-refractivity contribution in [2.24, 2.45) is 0 Å². The van der Waals surface area contributed by atoms with Gasteiger partial charge in [0.15, 0.2) is 5.82 Å². The largest absolute Gasteiger partial charge is 0.383 e. The zero-order valence-electron chi connectivity index (χ0n) is 24.8. The first kappa shape index (κ1) is 29.3. The van der Waals surface area contributed by atoms with Crippen LogP contribution >= 0.6 is 0 Å². The third kappa shape index (κ3) is 5.62. The monoisotopic (exact) mass is 617 g/mol. The highest BCUT2D eigenvalue weighted by molar-refractivity contribution is 6.00. The van der Waals surface area contributed by atoms with Gasteiger partial charge in [0.1, 0.15) is 23.6 Å². The Morgan fingerprint density at radius 1 is 0.933 bits per heavy atom. The van der Waals surface area contributed by atoms with E-state index < -0.39 is 23.6 Å². The number of ether oxygens (including phenoxy) is 2. The highest BCUT2D eigenvalue weighted by Crippen LogP contribution is 2.40. The maximum Gasteiger partial charge on any atom is 0.257 e. The molecule has 3 saturated heterocycles. The molecule has 6 heterocycles. The molecule has 3 aliphatic heterocycles. The van der Waals surface area contributed by atoms with Gasteiger partial charge in [-0.1, -0.05) is 0 Å². The van der Waals surface area contributed by atoms with Crippen LogP contribution in [-0.2, 0) is 14.3 Å². The number of aliphatic hydroxyl groups excluding tert-OH is 1. The standard InChI is InChI=1S/C32H33F2N7O4/c1-19-29(20-2-3-27(35-17-20)41-5-4-26(42)32(41)43)37-24-15-21(33)14-23(34)28(24)30(19)38-25-16-22(39-6-10-44-11-7-39)18-36-31(25)40-8-12-45-13-9-40/h2-3,14-18,26,42H,4-13H2,1H3,(H,37,38). The summed E-state index contributed by atoms with van der Waals surface area (Å²) in [5.74, 6) is -0.753. The zero-order chi connectivity index (χ0) is 31.1. The van der Waals surface area contributed by atoms with Crippen LogP contribution in [0, 0.1) is 18.6 Å². The lowest BCUT2D eigenvalue weighted by Crippen LogP contribution is -2.38. The van der Waals surface area contributed by atoms with Crippen molar-refractivity contribution in [3.8, 4) is 11.3 Å². The SMILES string of the molecule is Cc1c(-c2ccc(N3CCC(O)C3=O)nc2)nc2cc(F)cc(F)c2c1Nc1cc(N2CCOCC2)cnc1N1CCOCC1. The van der Waals surface area contributed by atoms with Gasteiger partial charge in [-0.05, 0) is 30.7 Å². The summed E-state index contributed by atoms with van der Waals surface area (Å²) in [5, 5.41) is 13.5. The molecule has 0 radical (unpaired) electrons. The number of morpholine rings is 2. The van der Waals surface area contributed by atoms with E-state index in [1.54, 1.807) is 18.3 Å². The van der Waals surface area contributed by atoms with Crippen molar-refractivity contribution in [2.45, 2.75) is 19.4 Å². The Morgan fingerprint density at radius 2 is 1.67 bits per heavy atom. The summed E-state index contributed by atoms with van der Waals surface area (Å²) in [6.07, 6.45) is 2.73. The summed E-state index contributed by atoms with van der Waals surface area (Å²) < 4.78 is 41.2. The normalized spacial score (nSPS) is 19.1. The molecule has 11 nitrogen and oxygen atoms in total. The molecule has 1 atom stereocenters. The number of anilines is 5. The lowest BCUT2D eigenvalue weighted by molar-refractivity contribution is -0.124. The highest BCUT2D eigenvalue weighted by Gasteiger charge is 2.31. The number of halogens is 2. The minimum atomic E-state index is -1.03. The van der Waals surface area contributed by atoms with E-state index in [9.17, 15) is 14.3 Å². The van der Waals surface area contributed by atoms with E-state index in [1.165, 1.54) is 11.0 Å². The molecule has 1 amide bonds. The third-order valence-electron chi connectivity index (χ3n) is 8.52. The second kappa shape index (κ2) is 12.1. The fourth-order valence-corrected chi connectivity index (χ4v) is 6.12. The maximum atomic E-state index is 15.6. The smallest absolute Gasteiger partial charge is 0.257 e. The van der Waals surface area contributed by atoms with Crippen molar-refractivity contribution in [1.29, 1.82) is 0 Å². The minimum absolute atomic E-state index is 0.141. The van der Waals surface area contributed by atoms with Crippen LogP contribution in [0.2, 0.25) is 0 Å². The first-order chi connectivity index (χ1) is 21.9. The van der Waals surface area contributed by atoms with Gasteiger partial charge in [-0.25, -0.2) is 23.7 Å². The fraction of sp³-hybridized carbons (Fsp3) is 0.375. The van der Waals surface area contributed by atoms with Gasteiger partial charge in [0.25, 0.3) is 5.91 Å². The Hall–Kier alpha value is -4.46. The topological polar surface area (TPSA) is 116 Å². The first-order valence-corrected chi connectivity index (χ1v) is 15.0. The lowest BCUT2D eigenvalue weighted by atomic mass is 10.0. The van der Waals surface area contributed by atoms with Crippen LogP contribution in [0.25, 0.3) is 22.2 Å². The van der Waals surface area contributed by atoms with Gasteiger partial charge < -0.3 is 29.7 Å². The predicted molar refractivity (Wildman–Crippen MR) is 166 cm³/mol. The number of hydrogen-bond donors (Lipinski definition) is 2. The number of nitrogens with one attached hydrogen (secondary N) is 1. The van der Waals surface area contributed by atoms with Crippen LogP contribution in [0.1, 0.15) is 12.0 Å². The highest BCUT2D eigenvalue weighted by atomic mass is 19.1. The van der Waals surface area contributed by atoms with Crippen LogP contribution in [0.15, 0.2) is 42.7 Å². The molecule has 0 aliphatic carbocycles. The molecule has 0 bridgehead atoms. The molecule has 3 aliphatic rings. The van der Waals surface area contributed by atoms with Crippen molar-refractivity contribution in [3.63, 3.8) is 0 Å². The fourth-order valence-electron chi connectivity index (χ4n) is 6.12. The second-order valence-corrected chi connectivity index (χ2v) is 11.3. The molecular weight excluding hydrogens is 584 g/mol. The molecule has 3 fully saturated rings. The summed E-state index contributed by atoms with van der Waals surface area (Å²) in [6, 6.07) is 7.53. The van der Waals surface area contributed by atoms with E-state index in [4.69, 9.17) is 14.5 Å². The Bertz CT molecular complexity index is 1740. The van der Waals surface area contributed by atoms with Gasteiger partial charge in [-0.3, -0.25) is 9.69 Å². The van der Waals surface area contributed by atoms with Gasteiger partial charge in [0.05, 0.1) is 66.3 Å². The number of aromatic nitrogens is 3. The molecule has 13 heteroatoms. The molecular formula is C32H33F2N7O4. The van der Waals surface area contributed by atoms with Gasteiger partial charge in [0.2, 0.25) is 0 Å². The molecule has 1 aromatic carbocycles. The number of hydrogen-bond acceptors (Lipinski definition) is 10. The second-order valence-electron chi connectivity index (χ2n) is 11.3. The molecule has 4 aromatic rings. The number of pyridine rings is 3. The maximum absolute atomic E-state index is 15.6. The van der Waals surface area contributed by atoms with E-state index >= 15 is 4.39 Å². The van der Waals surface area contributed by atoms with Crippen molar-refractivity contribution in [2.75, 3.05) is 79.2 Å². The third-order valence-corrected chi connectivity index (χ3v) is 8.52. The zero-order valence-corrected chi connectivity index (χ0v) is 24.8. The van der Waals surface area contributed by atoms with Crippen LogP contribution < -0.4 is 20.0 Å². The van der Waals surface area contributed by atoms with Crippen LogP contribution in [0.5, 0.6) is 0 Å². The Labute approximate surface area is 258 Å². The predicted octanol–water partition coefficient (Wildman–Crippen LogP) is 3.79. The van der Waals surface area contributed by atoms with Gasteiger partial charge in [-0.2, -0.15) is 0 Å². The number of fused-ring (bicyclic) bond motifs is 1. The Kier molecular flexibility index (Phi) is 7.90. The number of carbonyl (C=O) groups excluding carboxylic acids is 1. The van der Waals surface area contributed by atoms with E-state index in [2.05, 4.69) is 25.1 Å². The van der Waals surface area contributed by atoms with Crippen LogP contribution in [0.4, 0.5) is 37.5 Å². The van der Waals surface area contributed by atoms with Gasteiger partial charge >= 0.3 is 0 Å². The quantitative estimate of drug-likeness (QED) is 0.331. The number of aliphatic hydroxyl groups is 1.